The molecule has 1 saturated heterocycles. The Labute approximate surface area is 127 Å². The molecule has 1 fully saturated rings. The van der Waals surface area contributed by atoms with Crippen LogP contribution in [-0.4, -0.2) is 29.6 Å². The molecule has 1 aromatic rings. The molecule has 21 heavy (non-hydrogen) atoms. The van der Waals surface area contributed by atoms with Gasteiger partial charge in [0, 0.05) is 18.7 Å². The van der Waals surface area contributed by atoms with Crippen LogP contribution in [0.1, 0.15) is 37.3 Å². The number of halogens is 4. The molecular formula is C15H19ClF3NO. The van der Waals surface area contributed by atoms with Crippen LogP contribution in [0.2, 0.25) is 5.02 Å². The van der Waals surface area contributed by atoms with Gasteiger partial charge in [-0.15, -0.1) is 0 Å². The number of piperidine rings is 1. The Morgan fingerprint density at radius 3 is 2.43 bits per heavy atom. The minimum atomic E-state index is -4.51. The van der Waals surface area contributed by atoms with Gasteiger partial charge in [0.1, 0.15) is 0 Å². The van der Waals surface area contributed by atoms with Crippen LogP contribution < -0.4 is 0 Å². The number of aliphatic hydroxyl groups is 1. The fourth-order valence-electron chi connectivity index (χ4n) is 2.84. The minimum absolute atomic E-state index is 0.190. The number of alkyl halides is 3. The molecule has 0 atom stereocenters. The topological polar surface area (TPSA) is 23.5 Å². The molecule has 0 unspecified atom stereocenters. The molecule has 6 heteroatoms. The van der Waals surface area contributed by atoms with Crippen LogP contribution in [0.3, 0.4) is 0 Å². The lowest BCUT2D eigenvalue weighted by Crippen LogP contribution is -2.43. The Balaban J connectivity index is 2.26. The minimum Gasteiger partial charge on any atom is -0.385 e. The molecule has 118 valence electrons. The predicted octanol–water partition coefficient (Wildman–Crippen LogP) is 4.05. The van der Waals surface area contributed by atoms with Crippen LogP contribution in [0.4, 0.5) is 13.2 Å². The first-order chi connectivity index (χ1) is 9.78. The van der Waals surface area contributed by atoms with E-state index in [0.717, 1.165) is 19.0 Å². The lowest BCUT2D eigenvalue weighted by atomic mass is 9.83. The summed E-state index contributed by atoms with van der Waals surface area (Å²) >= 11 is 5.92. The molecule has 1 N–H and O–H groups in total. The van der Waals surface area contributed by atoms with Gasteiger partial charge < -0.3 is 10.0 Å². The third-order valence-electron chi connectivity index (χ3n) is 4.03. The van der Waals surface area contributed by atoms with Crippen molar-refractivity contribution in [1.82, 2.24) is 4.90 Å². The highest BCUT2D eigenvalue weighted by atomic mass is 35.5. The maximum atomic E-state index is 12.9. The van der Waals surface area contributed by atoms with Gasteiger partial charge in [-0.2, -0.15) is 13.2 Å². The molecule has 1 aliphatic heterocycles. The van der Waals surface area contributed by atoms with Crippen molar-refractivity contribution in [3.63, 3.8) is 0 Å². The third-order valence-corrected chi connectivity index (χ3v) is 4.44. The average molecular weight is 322 g/mol. The second-order valence-electron chi connectivity index (χ2n) is 5.54. The van der Waals surface area contributed by atoms with Crippen LogP contribution >= 0.6 is 11.6 Å². The fourth-order valence-corrected chi connectivity index (χ4v) is 3.25. The smallest absolute Gasteiger partial charge is 0.385 e. The van der Waals surface area contributed by atoms with Gasteiger partial charge in [0.15, 0.2) is 0 Å². The lowest BCUT2D eigenvalue weighted by Gasteiger charge is -2.39. The van der Waals surface area contributed by atoms with Crippen molar-refractivity contribution in [3.05, 3.63) is 34.3 Å². The SMILES string of the molecule is CCCN1CCC(O)(c2cccc(C(F)(F)F)c2Cl)CC1. The zero-order valence-corrected chi connectivity index (χ0v) is 12.6. The van der Waals surface area contributed by atoms with Crippen molar-refractivity contribution in [2.75, 3.05) is 19.6 Å². The molecule has 1 aliphatic rings. The van der Waals surface area contributed by atoms with Crippen molar-refractivity contribution >= 4 is 11.6 Å². The van der Waals surface area contributed by atoms with E-state index in [-0.39, 0.29) is 10.6 Å². The van der Waals surface area contributed by atoms with Gasteiger partial charge in [-0.05, 0) is 31.9 Å². The number of rotatable bonds is 3. The largest absolute Gasteiger partial charge is 0.417 e. The number of hydrogen-bond acceptors (Lipinski definition) is 2. The van der Waals surface area contributed by atoms with Crippen LogP contribution in [0.25, 0.3) is 0 Å². The van der Waals surface area contributed by atoms with Crippen molar-refractivity contribution in [1.29, 1.82) is 0 Å². The van der Waals surface area contributed by atoms with E-state index in [1.54, 1.807) is 0 Å². The molecule has 1 aromatic carbocycles. The van der Waals surface area contributed by atoms with E-state index in [9.17, 15) is 18.3 Å². The van der Waals surface area contributed by atoms with E-state index in [1.165, 1.54) is 12.1 Å². The first-order valence-corrected chi connectivity index (χ1v) is 7.46. The van der Waals surface area contributed by atoms with E-state index < -0.39 is 17.3 Å². The van der Waals surface area contributed by atoms with Gasteiger partial charge in [0.2, 0.25) is 0 Å². The number of benzene rings is 1. The highest BCUT2D eigenvalue weighted by Crippen LogP contribution is 2.42. The summed E-state index contributed by atoms with van der Waals surface area (Å²) in [4.78, 5) is 2.20. The van der Waals surface area contributed by atoms with E-state index in [2.05, 4.69) is 11.8 Å². The molecule has 0 radical (unpaired) electrons. The molecule has 0 spiro atoms. The summed E-state index contributed by atoms with van der Waals surface area (Å²) in [6.45, 7) is 4.34. The Bertz CT molecular complexity index is 496. The van der Waals surface area contributed by atoms with Crippen molar-refractivity contribution < 1.29 is 18.3 Å². The lowest BCUT2D eigenvalue weighted by molar-refractivity contribution is -0.137. The van der Waals surface area contributed by atoms with Gasteiger partial charge in [0.05, 0.1) is 16.2 Å². The zero-order valence-electron chi connectivity index (χ0n) is 11.9. The van der Waals surface area contributed by atoms with Gasteiger partial charge in [-0.25, -0.2) is 0 Å². The Hall–Kier alpha value is -0.780. The average Bonchev–Trinajstić information content (AvgIpc) is 2.40. The van der Waals surface area contributed by atoms with Crippen molar-refractivity contribution in [2.24, 2.45) is 0 Å². The van der Waals surface area contributed by atoms with Crippen LogP contribution in [-0.2, 0) is 11.8 Å². The maximum Gasteiger partial charge on any atom is 0.417 e. The van der Waals surface area contributed by atoms with Crippen LogP contribution in [0.15, 0.2) is 18.2 Å². The summed E-state index contributed by atoms with van der Waals surface area (Å²) in [5.41, 5.74) is -1.97. The van der Waals surface area contributed by atoms with Crippen LogP contribution in [0, 0.1) is 0 Å². The van der Waals surface area contributed by atoms with Gasteiger partial charge in [0.25, 0.3) is 0 Å². The second-order valence-corrected chi connectivity index (χ2v) is 5.92. The van der Waals surface area contributed by atoms with Gasteiger partial charge >= 0.3 is 6.18 Å². The Morgan fingerprint density at radius 1 is 1.29 bits per heavy atom. The molecule has 0 aromatic heterocycles. The predicted molar refractivity (Wildman–Crippen MR) is 76.3 cm³/mol. The molecule has 0 aliphatic carbocycles. The highest BCUT2D eigenvalue weighted by Gasteiger charge is 2.40. The normalized spacial score (nSPS) is 19.7. The second kappa shape index (κ2) is 6.15. The van der Waals surface area contributed by atoms with E-state index in [0.29, 0.717) is 25.9 Å². The van der Waals surface area contributed by atoms with Crippen molar-refractivity contribution in [3.8, 4) is 0 Å². The van der Waals surface area contributed by atoms with Gasteiger partial charge in [-0.1, -0.05) is 30.7 Å². The van der Waals surface area contributed by atoms with Gasteiger partial charge in [-0.3, -0.25) is 0 Å². The molecule has 0 saturated carbocycles. The molecular weight excluding hydrogens is 303 g/mol. The Morgan fingerprint density at radius 2 is 1.90 bits per heavy atom. The monoisotopic (exact) mass is 321 g/mol. The zero-order chi connectivity index (χ0) is 15.7. The standard InChI is InChI=1S/C15H19ClF3NO/c1-2-8-20-9-6-14(21,7-10-20)11-4-3-5-12(13(11)16)15(17,18)19/h3-5,21H,2,6-10H2,1H3. The highest BCUT2D eigenvalue weighted by molar-refractivity contribution is 6.32. The molecule has 2 rings (SSSR count). The molecule has 2 nitrogen and oxygen atoms in total. The third kappa shape index (κ3) is 3.52. The first kappa shape index (κ1) is 16.6. The van der Waals surface area contributed by atoms with Crippen molar-refractivity contribution in [2.45, 2.75) is 38.0 Å². The summed E-state index contributed by atoms with van der Waals surface area (Å²) in [5.74, 6) is 0. The van der Waals surface area contributed by atoms with E-state index in [4.69, 9.17) is 11.6 Å². The number of likely N-dealkylation sites (tertiary alicyclic amines) is 1. The Kier molecular flexibility index (Phi) is 4.85. The summed E-state index contributed by atoms with van der Waals surface area (Å²) in [5, 5.41) is 10.3. The maximum absolute atomic E-state index is 12.9. The molecule has 1 heterocycles. The van der Waals surface area contributed by atoms with E-state index >= 15 is 0 Å². The number of nitrogens with zero attached hydrogens (tertiary/aromatic N) is 1. The fraction of sp³-hybridized carbons (Fsp3) is 0.600. The number of hydrogen-bond donors (Lipinski definition) is 1. The van der Waals surface area contributed by atoms with Crippen LogP contribution in [0.5, 0.6) is 0 Å². The summed E-state index contributed by atoms with van der Waals surface area (Å²) < 4.78 is 38.7. The molecule has 0 amide bonds. The molecule has 0 bridgehead atoms. The summed E-state index contributed by atoms with van der Waals surface area (Å²) in [7, 11) is 0. The quantitative estimate of drug-likeness (QED) is 0.907. The first-order valence-electron chi connectivity index (χ1n) is 7.09. The summed E-state index contributed by atoms with van der Waals surface area (Å²) in [6.07, 6.45) is -2.70. The summed E-state index contributed by atoms with van der Waals surface area (Å²) in [6, 6.07) is 3.74. The van der Waals surface area contributed by atoms with E-state index in [1.807, 2.05) is 0 Å².